The molecular weight excluding hydrogens is 303 g/mol. The molecule has 8 heteroatoms. The van der Waals surface area contributed by atoms with E-state index in [1.54, 1.807) is 12.1 Å². The monoisotopic (exact) mass is 311 g/mol. The molecule has 3 rings (SSSR count). The molecule has 0 saturated heterocycles. The van der Waals surface area contributed by atoms with E-state index in [2.05, 4.69) is 9.97 Å². The summed E-state index contributed by atoms with van der Waals surface area (Å²) in [5.74, 6) is -0.831. The number of H-pyrrole nitrogens is 1. The molecule has 0 atom stereocenters. The van der Waals surface area contributed by atoms with Crippen LogP contribution in [0.25, 0.3) is 22.2 Å². The maximum absolute atomic E-state index is 13.1. The predicted molar refractivity (Wildman–Crippen MR) is 72.9 cm³/mol. The molecule has 0 aliphatic carbocycles. The number of alkyl halides is 3. The lowest BCUT2D eigenvalue weighted by molar-refractivity contribution is -0.133. The Kier molecular flexibility index (Phi) is 2.98. The number of nitrogens with one attached hydrogen (secondary N) is 1. The molecule has 0 fully saturated rings. The highest BCUT2D eigenvalue weighted by molar-refractivity contribution is 7.10. The fourth-order valence-corrected chi connectivity index (χ4v) is 2.96. The molecule has 3 aromatic heterocycles. The first-order valence-electron chi connectivity index (χ1n) is 5.81. The Morgan fingerprint density at radius 3 is 2.76 bits per heavy atom. The Hall–Kier alpha value is -2.35. The summed E-state index contributed by atoms with van der Waals surface area (Å²) in [6.45, 7) is 0. The van der Waals surface area contributed by atoms with Gasteiger partial charge in [0.15, 0.2) is 0 Å². The van der Waals surface area contributed by atoms with Gasteiger partial charge < -0.3 is 10.7 Å². The van der Waals surface area contributed by atoms with Crippen molar-refractivity contribution in [1.82, 2.24) is 9.97 Å². The lowest BCUT2D eigenvalue weighted by Gasteiger charge is -2.07. The number of nitrogens with zero attached hydrogens (tertiary/aromatic N) is 1. The number of rotatable bonds is 2. The van der Waals surface area contributed by atoms with Crippen LogP contribution in [0.2, 0.25) is 0 Å². The molecule has 0 spiro atoms. The van der Waals surface area contributed by atoms with E-state index in [4.69, 9.17) is 5.73 Å². The van der Waals surface area contributed by atoms with Crippen molar-refractivity contribution in [2.24, 2.45) is 5.73 Å². The van der Waals surface area contributed by atoms with E-state index in [1.807, 2.05) is 0 Å². The number of hydrogen-bond donors (Lipinski definition) is 2. The highest BCUT2D eigenvalue weighted by atomic mass is 32.1. The zero-order chi connectivity index (χ0) is 15.2. The first-order valence-corrected chi connectivity index (χ1v) is 6.69. The number of amides is 1. The van der Waals surface area contributed by atoms with E-state index in [0.29, 0.717) is 16.9 Å². The first-order chi connectivity index (χ1) is 9.89. The van der Waals surface area contributed by atoms with Crippen LogP contribution in [0.1, 0.15) is 15.4 Å². The topological polar surface area (TPSA) is 71.8 Å². The summed E-state index contributed by atoms with van der Waals surface area (Å²) < 4.78 is 39.2. The number of nitrogens with two attached hydrogens (primary N) is 1. The van der Waals surface area contributed by atoms with E-state index in [9.17, 15) is 18.0 Å². The quantitative estimate of drug-likeness (QED) is 0.761. The first kappa shape index (κ1) is 13.6. The zero-order valence-electron chi connectivity index (χ0n) is 10.4. The molecule has 0 radical (unpaired) electrons. The molecule has 1 amide bonds. The van der Waals surface area contributed by atoms with Crippen LogP contribution >= 0.6 is 11.3 Å². The third-order valence-electron chi connectivity index (χ3n) is 2.99. The molecule has 0 unspecified atom stereocenters. The van der Waals surface area contributed by atoms with Crippen molar-refractivity contribution >= 4 is 28.3 Å². The van der Waals surface area contributed by atoms with Gasteiger partial charge in [-0.2, -0.15) is 13.2 Å². The van der Waals surface area contributed by atoms with Crippen LogP contribution in [0.5, 0.6) is 0 Å². The number of carbonyl (C=O) groups is 1. The van der Waals surface area contributed by atoms with Gasteiger partial charge in [-0.05, 0) is 23.6 Å². The lowest BCUT2D eigenvalue weighted by Crippen LogP contribution is -2.13. The second kappa shape index (κ2) is 4.59. The van der Waals surface area contributed by atoms with Crippen molar-refractivity contribution in [3.63, 3.8) is 0 Å². The number of pyridine rings is 1. The second-order valence-corrected chi connectivity index (χ2v) is 5.22. The van der Waals surface area contributed by atoms with Gasteiger partial charge in [-0.3, -0.25) is 9.78 Å². The van der Waals surface area contributed by atoms with Crippen molar-refractivity contribution in [2.75, 3.05) is 0 Å². The van der Waals surface area contributed by atoms with Crippen molar-refractivity contribution in [3.05, 3.63) is 40.3 Å². The van der Waals surface area contributed by atoms with Crippen molar-refractivity contribution in [3.8, 4) is 11.1 Å². The third kappa shape index (κ3) is 2.17. The van der Waals surface area contributed by atoms with Crippen molar-refractivity contribution < 1.29 is 18.0 Å². The van der Waals surface area contributed by atoms with E-state index >= 15 is 0 Å². The van der Waals surface area contributed by atoms with Gasteiger partial charge in [0, 0.05) is 17.3 Å². The van der Waals surface area contributed by atoms with Gasteiger partial charge in [0.1, 0.15) is 10.6 Å². The minimum Gasteiger partial charge on any atom is -0.364 e. The Morgan fingerprint density at radius 2 is 2.10 bits per heavy atom. The Balaban J connectivity index is 2.37. The van der Waals surface area contributed by atoms with Gasteiger partial charge >= 0.3 is 6.18 Å². The van der Waals surface area contributed by atoms with Gasteiger partial charge in [-0.1, -0.05) is 0 Å². The van der Waals surface area contributed by atoms with Crippen LogP contribution in [0.4, 0.5) is 13.2 Å². The summed E-state index contributed by atoms with van der Waals surface area (Å²) in [6.07, 6.45) is -3.05. The average Bonchev–Trinajstić information content (AvgIpc) is 3.01. The van der Waals surface area contributed by atoms with Gasteiger partial charge in [-0.15, -0.1) is 11.3 Å². The highest BCUT2D eigenvalue weighted by Gasteiger charge is 2.37. The fraction of sp³-hybridized carbons (Fsp3) is 0.0769. The minimum absolute atomic E-state index is 0.0763. The van der Waals surface area contributed by atoms with Gasteiger partial charge in [-0.25, -0.2) is 0 Å². The molecule has 3 aromatic rings. The predicted octanol–water partition coefficient (Wildman–Crippen LogP) is 3.41. The number of fused-ring (bicyclic) bond motifs is 1. The number of thiophene rings is 1. The Morgan fingerprint density at radius 1 is 1.33 bits per heavy atom. The molecule has 3 heterocycles. The molecule has 0 saturated carbocycles. The number of aromatic amines is 1. The van der Waals surface area contributed by atoms with Gasteiger partial charge in [0.05, 0.1) is 11.0 Å². The Bertz CT molecular complexity index is 835. The second-order valence-electron chi connectivity index (χ2n) is 4.30. The molecule has 0 aromatic carbocycles. The molecule has 3 N–H and O–H groups in total. The van der Waals surface area contributed by atoms with Crippen LogP contribution in [0, 0.1) is 0 Å². The minimum atomic E-state index is -4.50. The van der Waals surface area contributed by atoms with Crippen LogP contribution in [0.3, 0.4) is 0 Å². The zero-order valence-corrected chi connectivity index (χ0v) is 11.2. The van der Waals surface area contributed by atoms with Crippen molar-refractivity contribution in [1.29, 1.82) is 0 Å². The van der Waals surface area contributed by atoms with Crippen molar-refractivity contribution in [2.45, 2.75) is 6.18 Å². The van der Waals surface area contributed by atoms with Crippen LogP contribution in [-0.2, 0) is 6.18 Å². The van der Waals surface area contributed by atoms with Crippen LogP contribution in [-0.4, -0.2) is 15.9 Å². The standard InChI is InChI=1S/C13H8F3N3OS/c14-13(15,16)11-6(3-5-21-11)8-9-7(2-1-4-18-9)19-10(8)12(17)20/h1-5,19H,(H2,17,20). The van der Waals surface area contributed by atoms with Gasteiger partial charge in [0.2, 0.25) is 0 Å². The lowest BCUT2D eigenvalue weighted by atomic mass is 10.0. The van der Waals surface area contributed by atoms with Crippen LogP contribution < -0.4 is 5.73 Å². The smallest absolute Gasteiger partial charge is 0.364 e. The average molecular weight is 311 g/mol. The summed E-state index contributed by atoms with van der Waals surface area (Å²) in [7, 11) is 0. The summed E-state index contributed by atoms with van der Waals surface area (Å²) in [4.78, 5) is 17.5. The molecule has 21 heavy (non-hydrogen) atoms. The summed E-state index contributed by atoms with van der Waals surface area (Å²) >= 11 is 0.565. The highest BCUT2D eigenvalue weighted by Crippen LogP contribution is 2.43. The number of primary amides is 1. The molecular formula is C13H8F3N3OS. The maximum atomic E-state index is 13.1. The maximum Gasteiger partial charge on any atom is 0.426 e. The normalized spacial score (nSPS) is 12.0. The largest absolute Gasteiger partial charge is 0.426 e. The van der Waals surface area contributed by atoms with E-state index in [1.165, 1.54) is 17.6 Å². The molecule has 0 bridgehead atoms. The molecule has 4 nitrogen and oxygen atoms in total. The third-order valence-corrected chi connectivity index (χ3v) is 3.95. The Labute approximate surface area is 120 Å². The molecule has 0 aliphatic heterocycles. The van der Waals surface area contributed by atoms with Crippen LogP contribution in [0.15, 0.2) is 29.8 Å². The SMILES string of the molecule is NC(=O)c1[nH]c2cccnc2c1-c1ccsc1C(F)(F)F. The number of carbonyl (C=O) groups excluding carboxylic acids is 1. The number of halogens is 3. The summed E-state index contributed by atoms with van der Waals surface area (Å²) in [5, 5.41) is 1.32. The molecule has 0 aliphatic rings. The number of aromatic nitrogens is 2. The van der Waals surface area contributed by atoms with Gasteiger partial charge in [0.25, 0.3) is 5.91 Å². The summed E-state index contributed by atoms with van der Waals surface area (Å²) in [6, 6.07) is 4.56. The summed E-state index contributed by atoms with van der Waals surface area (Å²) in [5.41, 5.74) is 5.94. The molecule has 108 valence electrons. The fourth-order valence-electron chi connectivity index (χ4n) is 2.19. The number of hydrogen-bond acceptors (Lipinski definition) is 3. The van der Waals surface area contributed by atoms with E-state index in [0.717, 1.165) is 0 Å². The van der Waals surface area contributed by atoms with E-state index < -0.39 is 17.0 Å². The van der Waals surface area contributed by atoms with E-state index in [-0.39, 0.29) is 22.3 Å².